The molecule has 1 amide bonds. The monoisotopic (exact) mass is 530 g/mol. The topological polar surface area (TPSA) is 78.3 Å². The summed E-state index contributed by atoms with van der Waals surface area (Å²) in [6.45, 7) is 10.2. The van der Waals surface area contributed by atoms with Crippen molar-refractivity contribution in [1.29, 1.82) is 0 Å². The van der Waals surface area contributed by atoms with Crippen molar-refractivity contribution in [1.82, 2.24) is 14.8 Å². The van der Waals surface area contributed by atoms with E-state index >= 15 is 0 Å². The zero-order valence-electron chi connectivity index (χ0n) is 19.1. The molecule has 0 saturated carbocycles. The number of thioether (sulfide) groups is 1. The fourth-order valence-electron chi connectivity index (χ4n) is 3.16. The Bertz CT molecular complexity index is 1130. The minimum atomic E-state index is -0.345. The first-order chi connectivity index (χ1) is 15.8. The quantitative estimate of drug-likeness (QED) is 0.266. The Morgan fingerprint density at radius 3 is 2.55 bits per heavy atom. The number of hydrogen-bond donors (Lipinski definition) is 1. The van der Waals surface area contributed by atoms with E-state index in [0.717, 1.165) is 27.0 Å². The molecule has 1 heterocycles. The number of carbonyl (C=O) groups excluding carboxylic acids is 1. The molecule has 174 valence electrons. The molecule has 33 heavy (non-hydrogen) atoms. The standard InChI is InChI=1S/C24H27BrN4O3S/c1-6-13-29-23(17(4)32-19-9-7-18(31-5)8-10-19)27-28-24(29)33-14-22(30)26-21-12-11-20(25)15(2)16(21)3/h6-12,17H,1,13-14H2,2-5H3,(H,26,30). The van der Waals surface area contributed by atoms with Gasteiger partial charge in [-0.3, -0.25) is 9.36 Å². The van der Waals surface area contributed by atoms with Gasteiger partial charge in [0.05, 0.1) is 12.9 Å². The number of aromatic nitrogens is 3. The van der Waals surface area contributed by atoms with E-state index in [1.807, 2.05) is 61.7 Å². The van der Waals surface area contributed by atoms with Crippen LogP contribution in [0.5, 0.6) is 11.5 Å². The number of ether oxygens (including phenoxy) is 2. The lowest BCUT2D eigenvalue weighted by atomic mass is 10.1. The van der Waals surface area contributed by atoms with Gasteiger partial charge in [0.25, 0.3) is 0 Å². The van der Waals surface area contributed by atoms with E-state index in [2.05, 4.69) is 38.0 Å². The van der Waals surface area contributed by atoms with Crippen LogP contribution in [0.1, 0.15) is 30.0 Å². The zero-order chi connectivity index (χ0) is 24.0. The van der Waals surface area contributed by atoms with Crippen LogP contribution in [0, 0.1) is 13.8 Å². The van der Waals surface area contributed by atoms with Crippen LogP contribution >= 0.6 is 27.7 Å². The molecule has 1 N–H and O–H groups in total. The first-order valence-electron chi connectivity index (χ1n) is 10.4. The maximum atomic E-state index is 12.6. The average Bonchev–Trinajstić information content (AvgIpc) is 3.21. The van der Waals surface area contributed by atoms with E-state index in [1.165, 1.54) is 11.8 Å². The van der Waals surface area contributed by atoms with Gasteiger partial charge >= 0.3 is 0 Å². The molecule has 0 spiro atoms. The van der Waals surface area contributed by atoms with Crippen molar-refractivity contribution < 1.29 is 14.3 Å². The maximum Gasteiger partial charge on any atom is 0.234 e. The summed E-state index contributed by atoms with van der Waals surface area (Å²) in [6.07, 6.45) is 1.42. The van der Waals surface area contributed by atoms with Crippen molar-refractivity contribution >= 4 is 39.3 Å². The van der Waals surface area contributed by atoms with Gasteiger partial charge in [0.2, 0.25) is 5.91 Å². The second-order valence-electron chi connectivity index (χ2n) is 7.36. The van der Waals surface area contributed by atoms with Gasteiger partial charge in [-0.1, -0.05) is 33.8 Å². The Balaban J connectivity index is 1.67. The van der Waals surface area contributed by atoms with Crippen molar-refractivity contribution in [2.75, 3.05) is 18.2 Å². The fraction of sp³-hybridized carbons (Fsp3) is 0.292. The summed E-state index contributed by atoms with van der Waals surface area (Å²) >= 11 is 4.84. The molecule has 0 aliphatic rings. The number of benzene rings is 2. The van der Waals surface area contributed by atoms with Gasteiger partial charge in [-0.15, -0.1) is 16.8 Å². The van der Waals surface area contributed by atoms with E-state index < -0.39 is 0 Å². The molecule has 3 rings (SSSR count). The van der Waals surface area contributed by atoms with Gasteiger partial charge in [0.1, 0.15) is 11.5 Å². The van der Waals surface area contributed by atoms with Crippen LogP contribution in [0.3, 0.4) is 0 Å². The molecule has 7 nitrogen and oxygen atoms in total. The summed E-state index contributed by atoms with van der Waals surface area (Å²) in [4.78, 5) is 12.6. The van der Waals surface area contributed by atoms with Crippen LogP contribution < -0.4 is 14.8 Å². The Labute approximate surface area is 206 Å². The van der Waals surface area contributed by atoms with Crippen molar-refractivity contribution in [3.8, 4) is 11.5 Å². The average molecular weight is 531 g/mol. The summed E-state index contributed by atoms with van der Waals surface area (Å²) in [7, 11) is 1.62. The van der Waals surface area contributed by atoms with E-state index in [1.54, 1.807) is 13.2 Å². The number of anilines is 1. The largest absolute Gasteiger partial charge is 0.497 e. The highest BCUT2D eigenvalue weighted by Crippen LogP contribution is 2.28. The van der Waals surface area contributed by atoms with Gasteiger partial charge in [0.15, 0.2) is 17.1 Å². The highest BCUT2D eigenvalue weighted by atomic mass is 79.9. The summed E-state index contributed by atoms with van der Waals surface area (Å²) < 4.78 is 14.1. The Morgan fingerprint density at radius 2 is 1.88 bits per heavy atom. The minimum Gasteiger partial charge on any atom is -0.497 e. The lowest BCUT2D eigenvalue weighted by Crippen LogP contribution is -2.16. The van der Waals surface area contributed by atoms with Gasteiger partial charge in [-0.25, -0.2) is 0 Å². The van der Waals surface area contributed by atoms with E-state index in [0.29, 0.717) is 23.3 Å². The SMILES string of the molecule is C=CCn1c(SCC(=O)Nc2ccc(Br)c(C)c2C)nnc1C(C)Oc1ccc(OC)cc1. The molecule has 0 aliphatic heterocycles. The minimum absolute atomic E-state index is 0.109. The third kappa shape index (κ3) is 6.17. The lowest BCUT2D eigenvalue weighted by Gasteiger charge is -2.16. The molecular formula is C24H27BrN4O3S. The highest BCUT2D eigenvalue weighted by Gasteiger charge is 2.20. The van der Waals surface area contributed by atoms with E-state index in [9.17, 15) is 4.79 Å². The first kappa shape index (κ1) is 24.9. The van der Waals surface area contributed by atoms with Crippen LogP contribution in [-0.2, 0) is 11.3 Å². The van der Waals surface area contributed by atoms with Gasteiger partial charge in [0, 0.05) is 16.7 Å². The lowest BCUT2D eigenvalue weighted by molar-refractivity contribution is -0.113. The van der Waals surface area contributed by atoms with Crippen LogP contribution in [0.15, 0.2) is 58.7 Å². The highest BCUT2D eigenvalue weighted by molar-refractivity contribution is 9.10. The molecule has 0 radical (unpaired) electrons. The molecular weight excluding hydrogens is 504 g/mol. The summed E-state index contributed by atoms with van der Waals surface area (Å²) in [6, 6.07) is 11.2. The number of rotatable bonds is 10. The number of hydrogen-bond acceptors (Lipinski definition) is 6. The van der Waals surface area contributed by atoms with Gasteiger partial charge in [-0.05, 0) is 68.3 Å². The van der Waals surface area contributed by atoms with E-state index in [4.69, 9.17) is 9.47 Å². The van der Waals surface area contributed by atoms with Crippen LogP contribution in [0.2, 0.25) is 0 Å². The predicted octanol–water partition coefficient (Wildman–Crippen LogP) is 5.72. The maximum absolute atomic E-state index is 12.6. The summed E-state index contributed by atoms with van der Waals surface area (Å²) in [5, 5.41) is 12.2. The first-order valence-corrected chi connectivity index (χ1v) is 12.1. The molecule has 3 aromatic rings. The zero-order valence-corrected chi connectivity index (χ0v) is 21.5. The molecule has 1 unspecified atom stereocenters. The second kappa shape index (κ2) is 11.4. The fourth-order valence-corrected chi connectivity index (χ4v) is 4.34. The van der Waals surface area contributed by atoms with Crippen molar-refractivity contribution in [2.45, 2.75) is 38.6 Å². The van der Waals surface area contributed by atoms with Crippen molar-refractivity contribution in [3.05, 3.63) is 70.5 Å². The molecule has 0 aliphatic carbocycles. The summed E-state index contributed by atoms with van der Waals surface area (Å²) in [5.41, 5.74) is 2.93. The number of carbonyl (C=O) groups is 1. The third-order valence-corrected chi connectivity index (χ3v) is 6.95. The molecule has 0 bridgehead atoms. The number of nitrogens with zero attached hydrogens (tertiary/aromatic N) is 3. The number of nitrogens with one attached hydrogen (secondary N) is 1. The third-order valence-electron chi connectivity index (χ3n) is 5.12. The number of amides is 1. The van der Waals surface area contributed by atoms with Crippen LogP contribution in [-0.4, -0.2) is 33.5 Å². The van der Waals surface area contributed by atoms with Crippen LogP contribution in [0.25, 0.3) is 0 Å². The molecule has 1 atom stereocenters. The smallest absolute Gasteiger partial charge is 0.234 e. The van der Waals surface area contributed by atoms with E-state index in [-0.39, 0.29) is 17.8 Å². The molecule has 1 aromatic heterocycles. The predicted molar refractivity (Wildman–Crippen MR) is 135 cm³/mol. The number of halogens is 1. The number of allylic oxidation sites excluding steroid dienone is 1. The Kier molecular flexibility index (Phi) is 8.57. The second-order valence-corrected chi connectivity index (χ2v) is 9.15. The molecule has 9 heteroatoms. The number of methoxy groups -OCH3 is 1. The van der Waals surface area contributed by atoms with Gasteiger partial charge in [-0.2, -0.15) is 0 Å². The molecule has 0 saturated heterocycles. The summed E-state index contributed by atoms with van der Waals surface area (Å²) in [5.74, 6) is 2.22. The van der Waals surface area contributed by atoms with Crippen molar-refractivity contribution in [3.63, 3.8) is 0 Å². The molecule has 2 aromatic carbocycles. The van der Waals surface area contributed by atoms with Crippen molar-refractivity contribution in [2.24, 2.45) is 0 Å². The molecule has 0 fully saturated rings. The van der Waals surface area contributed by atoms with Gasteiger partial charge < -0.3 is 14.8 Å². The van der Waals surface area contributed by atoms with Crippen LogP contribution in [0.4, 0.5) is 5.69 Å². The Hall–Kier alpha value is -2.78. The normalized spacial score (nSPS) is 11.7. The Morgan fingerprint density at radius 1 is 1.18 bits per heavy atom.